The number of aliphatic carboxylic acids is 1. The molecule has 6 atom stereocenters. The molecule has 12 nitrogen and oxygen atoms in total. The lowest BCUT2D eigenvalue weighted by Crippen LogP contribution is -2.61. The summed E-state index contributed by atoms with van der Waals surface area (Å²) in [6.07, 6.45) is 54.9. The Labute approximate surface area is 453 Å². The average molecular weight is 1050 g/mol. The molecule has 0 radical (unpaired) electrons. The number of carbonyl (C=O) groups is 4. The van der Waals surface area contributed by atoms with Gasteiger partial charge in [0.25, 0.3) is 0 Å². The number of allylic oxidation sites excluding steroid dienone is 18. The number of carbonyl (C=O) groups excluding carboxylic acids is 3. The van der Waals surface area contributed by atoms with E-state index in [1.54, 1.807) is 0 Å². The zero-order valence-corrected chi connectivity index (χ0v) is 46.5. The first-order chi connectivity index (χ1) is 36.6. The van der Waals surface area contributed by atoms with Crippen LogP contribution in [0.2, 0.25) is 0 Å². The molecule has 0 spiro atoms. The summed E-state index contributed by atoms with van der Waals surface area (Å²) in [5, 5.41) is 31.4. The molecule has 0 aromatic heterocycles. The van der Waals surface area contributed by atoms with Crippen molar-refractivity contribution in [1.82, 2.24) is 0 Å². The van der Waals surface area contributed by atoms with E-state index in [9.17, 15) is 34.5 Å². The molecule has 3 N–H and O–H groups in total. The largest absolute Gasteiger partial charge is 0.479 e. The third-order valence-corrected chi connectivity index (χ3v) is 12.3. The van der Waals surface area contributed by atoms with E-state index in [4.69, 9.17) is 23.7 Å². The van der Waals surface area contributed by atoms with Gasteiger partial charge in [0.05, 0.1) is 6.61 Å². The van der Waals surface area contributed by atoms with Crippen LogP contribution in [0.1, 0.15) is 213 Å². The van der Waals surface area contributed by atoms with Gasteiger partial charge in [-0.25, -0.2) is 4.79 Å². The highest BCUT2D eigenvalue weighted by molar-refractivity contribution is 5.74. The van der Waals surface area contributed by atoms with E-state index in [2.05, 4.69) is 130 Å². The van der Waals surface area contributed by atoms with Crippen molar-refractivity contribution < 1.29 is 58.2 Å². The lowest BCUT2D eigenvalue weighted by Gasteiger charge is -2.40. The van der Waals surface area contributed by atoms with Gasteiger partial charge in [-0.1, -0.05) is 188 Å². The molecule has 0 bridgehead atoms. The van der Waals surface area contributed by atoms with Gasteiger partial charge in [-0.05, 0) is 116 Å². The van der Waals surface area contributed by atoms with Crippen molar-refractivity contribution in [2.75, 3.05) is 13.2 Å². The Bertz CT molecular complexity index is 1720. The fraction of sp³-hybridized carbons (Fsp3) is 0.651. The molecule has 0 amide bonds. The van der Waals surface area contributed by atoms with Gasteiger partial charge in [0.2, 0.25) is 0 Å². The molecule has 0 aromatic carbocycles. The average Bonchev–Trinajstić information content (AvgIpc) is 3.39. The van der Waals surface area contributed by atoms with E-state index >= 15 is 0 Å². The summed E-state index contributed by atoms with van der Waals surface area (Å²) in [6.45, 7) is 5.64. The summed E-state index contributed by atoms with van der Waals surface area (Å²) in [5.74, 6) is -3.21. The van der Waals surface area contributed by atoms with E-state index in [1.807, 2.05) is 0 Å². The van der Waals surface area contributed by atoms with Crippen molar-refractivity contribution >= 4 is 23.9 Å². The van der Waals surface area contributed by atoms with Gasteiger partial charge in [0, 0.05) is 19.3 Å². The smallest absolute Gasteiger partial charge is 0.335 e. The molecular formula is C63H100O12. The molecule has 0 aromatic rings. The van der Waals surface area contributed by atoms with E-state index in [0.717, 1.165) is 154 Å². The summed E-state index contributed by atoms with van der Waals surface area (Å²) in [5.41, 5.74) is 0. The molecule has 1 aliphatic rings. The van der Waals surface area contributed by atoms with Gasteiger partial charge in [-0.15, -0.1) is 0 Å². The van der Waals surface area contributed by atoms with Gasteiger partial charge in [0.15, 0.2) is 24.6 Å². The zero-order valence-electron chi connectivity index (χ0n) is 46.5. The van der Waals surface area contributed by atoms with Crippen LogP contribution in [0, 0.1) is 0 Å². The van der Waals surface area contributed by atoms with Crippen LogP contribution in [0.15, 0.2) is 109 Å². The number of rotatable bonds is 47. The number of unbranched alkanes of at least 4 members (excludes halogenated alkanes) is 15. The maximum Gasteiger partial charge on any atom is 0.335 e. The van der Waals surface area contributed by atoms with E-state index in [0.29, 0.717) is 19.3 Å². The summed E-state index contributed by atoms with van der Waals surface area (Å²) < 4.78 is 28.3. The van der Waals surface area contributed by atoms with Crippen LogP contribution in [0.4, 0.5) is 0 Å². The van der Waals surface area contributed by atoms with Crippen molar-refractivity contribution in [3.05, 3.63) is 109 Å². The second-order valence-electron chi connectivity index (χ2n) is 19.2. The van der Waals surface area contributed by atoms with Crippen molar-refractivity contribution in [3.8, 4) is 0 Å². The first-order valence-electron chi connectivity index (χ1n) is 28.9. The molecular weight excluding hydrogens is 949 g/mol. The van der Waals surface area contributed by atoms with Gasteiger partial charge in [-0.3, -0.25) is 14.4 Å². The van der Waals surface area contributed by atoms with E-state index in [-0.39, 0.29) is 25.9 Å². The molecule has 6 unspecified atom stereocenters. The predicted octanol–water partition coefficient (Wildman–Crippen LogP) is 14.7. The summed E-state index contributed by atoms with van der Waals surface area (Å²) >= 11 is 0. The Hall–Kier alpha value is -4.62. The van der Waals surface area contributed by atoms with Crippen LogP contribution >= 0.6 is 0 Å². The maximum absolute atomic E-state index is 13.1. The molecule has 0 aliphatic carbocycles. The normalized spacial score (nSPS) is 19.0. The minimum atomic E-state index is -1.92. The Morgan fingerprint density at radius 3 is 1.29 bits per heavy atom. The number of esters is 3. The summed E-state index contributed by atoms with van der Waals surface area (Å²) in [4.78, 5) is 51.1. The molecule has 1 aliphatic heterocycles. The predicted molar refractivity (Wildman–Crippen MR) is 303 cm³/mol. The van der Waals surface area contributed by atoms with Crippen LogP contribution in [0.3, 0.4) is 0 Å². The highest BCUT2D eigenvalue weighted by Gasteiger charge is 2.50. The minimum absolute atomic E-state index is 0.0338. The Kier molecular flexibility index (Phi) is 45.8. The molecule has 1 fully saturated rings. The molecule has 1 saturated heterocycles. The van der Waals surface area contributed by atoms with Crippen LogP contribution in [0.5, 0.6) is 0 Å². The maximum atomic E-state index is 13.1. The van der Waals surface area contributed by atoms with Crippen LogP contribution in [-0.4, -0.2) is 89.2 Å². The van der Waals surface area contributed by atoms with Crippen molar-refractivity contribution in [2.45, 2.75) is 250 Å². The van der Waals surface area contributed by atoms with E-state index in [1.165, 1.54) is 0 Å². The van der Waals surface area contributed by atoms with Crippen LogP contribution in [0.25, 0.3) is 0 Å². The van der Waals surface area contributed by atoms with Gasteiger partial charge < -0.3 is 39.0 Å². The second-order valence-corrected chi connectivity index (χ2v) is 19.2. The quantitative estimate of drug-likeness (QED) is 0.0228. The summed E-state index contributed by atoms with van der Waals surface area (Å²) in [6, 6.07) is 0. The number of hydrogen-bond acceptors (Lipinski definition) is 11. The van der Waals surface area contributed by atoms with Gasteiger partial charge in [-0.2, -0.15) is 0 Å². The van der Waals surface area contributed by atoms with Gasteiger partial charge >= 0.3 is 23.9 Å². The molecule has 12 heteroatoms. The second kappa shape index (κ2) is 50.2. The van der Waals surface area contributed by atoms with E-state index < -0.39 is 67.3 Å². The minimum Gasteiger partial charge on any atom is -0.479 e. The third-order valence-electron chi connectivity index (χ3n) is 12.3. The monoisotopic (exact) mass is 1050 g/mol. The van der Waals surface area contributed by atoms with Gasteiger partial charge in [0.1, 0.15) is 18.8 Å². The zero-order chi connectivity index (χ0) is 54.7. The number of hydrogen-bond donors (Lipinski definition) is 3. The Balaban J connectivity index is 2.72. The summed E-state index contributed by atoms with van der Waals surface area (Å²) in [7, 11) is 0. The number of ether oxygens (including phenoxy) is 5. The van der Waals surface area contributed by atoms with Crippen molar-refractivity contribution in [1.29, 1.82) is 0 Å². The highest BCUT2D eigenvalue weighted by Crippen LogP contribution is 2.26. The Morgan fingerprint density at radius 1 is 0.453 bits per heavy atom. The molecule has 424 valence electrons. The Morgan fingerprint density at radius 2 is 0.840 bits per heavy atom. The standard InChI is InChI=1S/C63H100O12/c1-4-7-10-13-16-19-22-25-26-27-28-29-30-33-34-37-40-43-46-49-55(64)71-52-54(73-56(65)50-47-44-41-38-35-31-23-20-17-14-11-8-5-2)53-72-63-61(59(68)58(67)60(75-63)62(69)70)74-57(66)51-48-45-42-39-36-32-24-21-18-15-12-9-6-3/h7-8,10-12,15-17,19-21,24-26,28-29,31,35,54,58-61,63,67-68H,4-6,9,13-14,18,22-23,27,30,32-34,36-53H2,1-3H3,(H,69,70)/b10-7-,11-8-,15-12-,19-16-,20-17-,24-21-,26-25-,29-28-,35-31-. The number of carboxylic acids is 1. The fourth-order valence-electron chi connectivity index (χ4n) is 7.94. The first-order valence-corrected chi connectivity index (χ1v) is 28.9. The number of aliphatic hydroxyl groups is 2. The third kappa shape index (κ3) is 40.3. The molecule has 75 heavy (non-hydrogen) atoms. The number of aliphatic hydroxyl groups excluding tert-OH is 2. The SMILES string of the molecule is CC/C=C\C/C=C\C/C=C\C/C=C\CCCCCCCCC(=O)OCC(COC1OC(C(=O)O)C(O)C(O)C1OC(=O)CCCCCCC/C=C\C/C=C\CCC)OC(=O)CCCCC/C=C\C/C=C\C/C=C\CC. The lowest BCUT2D eigenvalue weighted by molar-refractivity contribution is -0.301. The lowest BCUT2D eigenvalue weighted by atomic mass is 9.98. The molecule has 1 heterocycles. The first kappa shape index (κ1) is 68.4. The molecule has 1 rings (SSSR count). The van der Waals surface area contributed by atoms with Crippen LogP contribution in [-0.2, 0) is 42.9 Å². The number of carboxylic acid groups (broad SMARTS) is 1. The molecule has 0 saturated carbocycles. The van der Waals surface area contributed by atoms with Crippen molar-refractivity contribution in [2.24, 2.45) is 0 Å². The highest BCUT2D eigenvalue weighted by atomic mass is 16.7. The van der Waals surface area contributed by atoms with Crippen molar-refractivity contribution in [3.63, 3.8) is 0 Å². The fourth-order valence-corrected chi connectivity index (χ4v) is 7.94. The van der Waals surface area contributed by atoms with Crippen LogP contribution < -0.4 is 0 Å². The topological polar surface area (TPSA) is 175 Å².